The van der Waals surface area contributed by atoms with Gasteiger partial charge in [0.1, 0.15) is 5.01 Å². The van der Waals surface area contributed by atoms with E-state index < -0.39 is 0 Å². The number of halogens is 2. The summed E-state index contributed by atoms with van der Waals surface area (Å²) in [5, 5.41) is 8.75. The Hall–Kier alpha value is -0.730. The largest absolute Gasteiger partial charge is 0.317 e. The minimum Gasteiger partial charge on any atom is -0.317 e. The Morgan fingerprint density at radius 2 is 1.81 bits per heavy atom. The van der Waals surface area contributed by atoms with Crippen LogP contribution in [0.2, 0.25) is 0 Å². The van der Waals surface area contributed by atoms with Crippen molar-refractivity contribution in [2.75, 3.05) is 26.2 Å². The molecule has 0 radical (unpaired) electrons. The fraction of sp³-hybridized carbons (Fsp3) is 0.722. The van der Waals surface area contributed by atoms with E-state index in [1.165, 1.54) is 54.6 Å². The average Bonchev–Trinajstić information content (AvgIpc) is 3.07. The van der Waals surface area contributed by atoms with E-state index in [2.05, 4.69) is 27.2 Å². The first-order chi connectivity index (χ1) is 12.2. The molecule has 2 aromatic rings. The number of aromatic nitrogens is 3. The Labute approximate surface area is 176 Å². The first-order valence-electron chi connectivity index (χ1n) is 9.54. The van der Waals surface area contributed by atoms with Crippen LogP contribution in [-0.2, 0) is 13.0 Å². The second-order valence-electron chi connectivity index (χ2n) is 7.33. The molecule has 152 valence electrons. The second-order valence-corrected chi connectivity index (χ2v) is 8.37. The van der Waals surface area contributed by atoms with Gasteiger partial charge in [0, 0.05) is 12.6 Å². The van der Waals surface area contributed by atoms with E-state index in [9.17, 15) is 4.79 Å². The van der Waals surface area contributed by atoms with Gasteiger partial charge in [-0.1, -0.05) is 18.3 Å². The van der Waals surface area contributed by atoms with Crippen molar-refractivity contribution in [3.05, 3.63) is 27.1 Å². The van der Waals surface area contributed by atoms with Crippen LogP contribution in [0.5, 0.6) is 0 Å². The number of nitrogens with one attached hydrogen (secondary N) is 1. The minimum absolute atomic E-state index is 0. The predicted octanol–water partition coefficient (Wildman–Crippen LogP) is 2.77. The standard InChI is InChI=1S/C18H27N5OS.2ClH/c1-2-16-21-23-17(24)11-15(20-18(23)25-16)12-22-9-5-14(6-10-22)13-3-7-19-8-4-13;;/h11,13-14,19H,2-10,12H2,1H3;2*1H. The van der Waals surface area contributed by atoms with Crippen LogP contribution in [0, 0.1) is 11.8 Å². The van der Waals surface area contributed by atoms with Crippen LogP contribution >= 0.6 is 36.2 Å². The van der Waals surface area contributed by atoms with Crippen LogP contribution in [-0.4, -0.2) is 45.7 Å². The van der Waals surface area contributed by atoms with Gasteiger partial charge in [0.15, 0.2) is 0 Å². The van der Waals surface area contributed by atoms with Crippen LogP contribution in [0.1, 0.15) is 43.3 Å². The minimum atomic E-state index is -0.0551. The van der Waals surface area contributed by atoms with Crippen molar-refractivity contribution in [2.45, 2.75) is 45.6 Å². The molecule has 0 bridgehead atoms. The van der Waals surface area contributed by atoms with E-state index in [1.54, 1.807) is 6.07 Å². The molecule has 9 heteroatoms. The SMILES string of the molecule is CCc1nn2c(=O)cc(CN3CCC(C4CCNCC4)CC3)nc2s1.Cl.Cl. The van der Waals surface area contributed by atoms with Crippen molar-refractivity contribution in [3.63, 3.8) is 0 Å². The summed E-state index contributed by atoms with van der Waals surface area (Å²) in [6, 6.07) is 1.66. The lowest BCUT2D eigenvalue weighted by molar-refractivity contribution is 0.125. The van der Waals surface area contributed by atoms with Crippen molar-refractivity contribution in [1.29, 1.82) is 0 Å². The lowest BCUT2D eigenvalue weighted by Gasteiger charge is -2.37. The molecule has 0 aromatic carbocycles. The molecule has 0 aliphatic carbocycles. The van der Waals surface area contributed by atoms with Gasteiger partial charge in [-0.25, -0.2) is 4.98 Å². The van der Waals surface area contributed by atoms with Gasteiger partial charge in [0.25, 0.3) is 5.56 Å². The van der Waals surface area contributed by atoms with Gasteiger partial charge < -0.3 is 5.32 Å². The third-order valence-corrected chi connectivity index (χ3v) is 6.76. The Morgan fingerprint density at radius 1 is 1.15 bits per heavy atom. The van der Waals surface area contributed by atoms with Gasteiger partial charge in [-0.2, -0.15) is 9.61 Å². The van der Waals surface area contributed by atoms with E-state index in [0.29, 0.717) is 0 Å². The third-order valence-electron chi connectivity index (χ3n) is 5.71. The van der Waals surface area contributed by atoms with Gasteiger partial charge in [0.2, 0.25) is 4.96 Å². The zero-order chi connectivity index (χ0) is 17.2. The number of nitrogens with zero attached hydrogens (tertiary/aromatic N) is 4. The smallest absolute Gasteiger partial charge is 0.275 e. The van der Waals surface area contributed by atoms with Crippen LogP contribution < -0.4 is 10.9 Å². The van der Waals surface area contributed by atoms with E-state index in [1.807, 2.05) is 0 Å². The van der Waals surface area contributed by atoms with Crippen molar-refractivity contribution >= 4 is 41.1 Å². The maximum atomic E-state index is 12.3. The lowest BCUT2D eigenvalue weighted by atomic mass is 9.79. The molecule has 0 unspecified atom stereocenters. The van der Waals surface area contributed by atoms with Gasteiger partial charge in [-0.15, -0.1) is 24.8 Å². The molecule has 4 rings (SSSR count). The molecular weight excluding hydrogens is 405 g/mol. The molecule has 2 saturated heterocycles. The fourth-order valence-corrected chi connectivity index (χ4v) is 5.10. The average molecular weight is 434 g/mol. The van der Waals surface area contributed by atoms with E-state index in [0.717, 1.165) is 53.6 Å². The monoisotopic (exact) mass is 433 g/mol. The first-order valence-corrected chi connectivity index (χ1v) is 10.4. The summed E-state index contributed by atoms with van der Waals surface area (Å²) in [5.41, 5.74) is 0.831. The number of fused-ring (bicyclic) bond motifs is 1. The predicted molar refractivity (Wildman–Crippen MR) is 115 cm³/mol. The molecule has 0 spiro atoms. The van der Waals surface area contributed by atoms with Gasteiger partial charge in [-0.3, -0.25) is 9.69 Å². The van der Waals surface area contributed by atoms with Crippen molar-refractivity contribution < 1.29 is 0 Å². The highest BCUT2D eigenvalue weighted by atomic mass is 35.5. The summed E-state index contributed by atoms with van der Waals surface area (Å²) in [6.45, 7) is 7.46. The van der Waals surface area contributed by atoms with Gasteiger partial charge in [-0.05, 0) is 70.1 Å². The van der Waals surface area contributed by atoms with Crippen LogP contribution in [0.3, 0.4) is 0 Å². The summed E-state index contributed by atoms with van der Waals surface area (Å²) in [5.74, 6) is 1.79. The number of hydrogen-bond donors (Lipinski definition) is 1. The summed E-state index contributed by atoms with van der Waals surface area (Å²) in [6.07, 6.45) is 6.08. The third kappa shape index (κ3) is 5.21. The Balaban J connectivity index is 0.00000131. The number of piperidine rings is 2. The van der Waals surface area contributed by atoms with Crippen molar-refractivity contribution in [2.24, 2.45) is 11.8 Å². The topological polar surface area (TPSA) is 62.5 Å². The zero-order valence-electron chi connectivity index (χ0n) is 15.7. The zero-order valence-corrected chi connectivity index (χ0v) is 18.2. The number of rotatable bonds is 4. The molecule has 4 heterocycles. The molecule has 0 amide bonds. The molecule has 1 N–H and O–H groups in total. The van der Waals surface area contributed by atoms with Crippen molar-refractivity contribution in [1.82, 2.24) is 24.8 Å². The highest BCUT2D eigenvalue weighted by molar-refractivity contribution is 7.16. The Kier molecular flexibility index (Phi) is 8.49. The molecule has 6 nitrogen and oxygen atoms in total. The van der Waals surface area contributed by atoms with Gasteiger partial charge in [0.05, 0.1) is 5.69 Å². The number of likely N-dealkylation sites (tertiary alicyclic amines) is 1. The summed E-state index contributed by atoms with van der Waals surface area (Å²) in [4.78, 5) is 20.1. The van der Waals surface area contributed by atoms with E-state index in [-0.39, 0.29) is 30.4 Å². The quantitative estimate of drug-likeness (QED) is 0.802. The lowest BCUT2D eigenvalue weighted by Crippen LogP contribution is -2.39. The van der Waals surface area contributed by atoms with Crippen LogP contribution in [0.15, 0.2) is 10.9 Å². The number of hydrogen-bond acceptors (Lipinski definition) is 6. The number of aryl methyl sites for hydroxylation is 1. The maximum absolute atomic E-state index is 12.3. The molecule has 0 atom stereocenters. The Morgan fingerprint density at radius 3 is 2.48 bits per heavy atom. The molecule has 2 aliphatic rings. The van der Waals surface area contributed by atoms with E-state index in [4.69, 9.17) is 0 Å². The molecule has 0 saturated carbocycles. The second kappa shape index (κ2) is 10.2. The van der Waals surface area contributed by atoms with Crippen LogP contribution in [0.25, 0.3) is 4.96 Å². The molecule has 2 aromatic heterocycles. The molecule has 2 fully saturated rings. The molecular formula is C18H29Cl2N5OS. The maximum Gasteiger partial charge on any atom is 0.275 e. The van der Waals surface area contributed by atoms with Gasteiger partial charge >= 0.3 is 0 Å². The summed E-state index contributed by atoms with van der Waals surface area (Å²) < 4.78 is 1.44. The first kappa shape index (κ1) is 22.6. The summed E-state index contributed by atoms with van der Waals surface area (Å²) in [7, 11) is 0. The highest BCUT2D eigenvalue weighted by Gasteiger charge is 2.27. The summed E-state index contributed by atoms with van der Waals surface area (Å²) >= 11 is 1.52. The van der Waals surface area contributed by atoms with Crippen LogP contribution in [0.4, 0.5) is 0 Å². The Bertz CT molecular complexity index is 782. The molecule has 2 aliphatic heterocycles. The molecule has 27 heavy (non-hydrogen) atoms. The normalized spacial score (nSPS) is 19.6. The van der Waals surface area contributed by atoms with E-state index >= 15 is 0 Å². The highest BCUT2D eigenvalue weighted by Crippen LogP contribution is 2.31. The fourth-order valence-electron chi connectivity index (χ4n) is 4.25. The van der Waals surface area contributed by atoms with Crippen molar-refractivity contribution in [3.8, 4) is 0 Å².